The largest absolute Gasteiger partial charge is 0.311 e. The lowest BCUT2D eigenvalue weighted by atomic mass is 10.1. The first-order valence-corrected chi connectivity index (χ1v) is 10.3. The van der Waals surface area contributed by atoms with E-state index in [1.807, 2.05) is 48.2 Å². The lowest BCUT2D eigenvalue weighted by Gasteiger charge is -2.21. The molecular formula is C22H20N4OS. The second-order valence-electron chi connectivity index (χ2n) is 7.15. The van der Waals surface area contributed by atoms with Crippen LogP contribution in [0.15, 0.2) is 59.8 Å². The van der Waals surface area contributed by atoms with Gasteiger partial charge in [0.1, 0.15) is 0 Å². The number of fused-ring (bicyclic) bond motifs is 4. The van der Waals surface area contributed by atoms with Crippen molar-refractivity contribution in [1.29, 1.82) is 0 Å². The van der Waals surface area contributed by atoms with Crippen molar-refractivity contribution in [3.8, 4) is 0 Å². The molecule has 5 nitrogen and oxygen atoms in total. The Bertz CT molecular complexity index is 1220. The minimum Gasteiger partial charge on any atom is -0.311 e. The van der Waals surface area contributed by atoms with E-state index >= 15 is 0 Å². The van der Waals surface area contributed by atoms with Gasteiger partial charge in [0, 0.05) is 17.6 Å². The highest BCUT2D eigenvalue weighted by Crippen LogP contribution is 2.32. The molecule has 28 heavy (non-hydrogen) atoms. The normalized spacial score (nSPS) is 14.6. The molecule has 1 amide bonds. The molecule has 0 saturated heterocycles. The lowest BCUT2D eigenvalue weighted by molar-refractivity contribution is -0.117. The van der Waals surface area contributed by atoms with E-state index in [2.05, 4.69) is 39.7 Å². The van der Waals surface area contributed by atoms with Crippen LogP contribution in [0.1, 0.15) is 18.1 Å². The molecule has 0 spiro atoms. The van der Waals surface area contributed by atoms with Crippen molar-refractivity contribution in [2.75, 3.05) is 11.4 Å². The topological polar surface area (TPSA) is 50.5 Å². The molecule has 0 saturated carbocycles. The van der Waals surface area contributed by atoms with Crippen LogP contribution in [0.25, 0.3) is 16.6 Å². The molecule has 1 atom stereocenters. The number of hydrogen-bond donors (Lipinski definition) is 0. The molecule has 0 bridgehead atoms. The maximum Gasteiger partial charge on any atom is 0.240 e. The third-order valence-corrected chi connectivity index (χ3v) is 6.39. The molecule has 3 heterocycles. The van der Waals surface area contributed by atoms with Crippen LogP contribution in [0.2, 0.25) is 0 Å². The number of benzene rings is 2. The van der Waals surface area contributed by atoms with Crippen LogP contribution in [-0.2, 0) is 11.2 Å². The van der Waals surface area contributed by atoms with Crippen molar-refractivity contribution >= 4 is 39.9 Å². The van der Waals surface area contributed by atoms with E-state index in [0.717, 1.165) is 35.0 Å². The number of aryl methyl sites for hydroxylation is 1. The fraction of sp³-hybridized carbons (Fsp3) is 0.227. The third-order valence-electron chi connectivity index (χ3n) is 5.36. The summed E-state index contributed by atoms with van der Waals surface area (Å²) in [5.74, 6) is 0.114. The number of amides is 1. The number of nitrogens with zero attached hydrogens (tertiary/aromatic N) is 4. The van der Waals surface area contributed by atoms with E-state index in [-0.39, 0.29) is 11.2 Å². The number of aromatic nitrogens is 3. The summed E-state index contributed by atoms with van der Waals surface area (Å²) < 4.78 is 2.05. The number of thioether (sulfide) groups is 1. The van der Waals surface area contributed by atoms with E-state index in [1.54, 1.807) is 0 Å². The number of hydrogen-bond acceptors (Lipinski definition) is 4. The van der Waals surface area contributed by atoms with Crippen LogP contribution in [0.3, 0.4) is 0 Å². The summed E-state index contributed by atoms with van der Waals surface area (Å²) in [5, 5.41) is 10.4. The Balaban J connectivity index is 1.49. The van der Waals surface area contributed by atoms with E-state index in [1.165, 1.54) is 28.3 Å². The fourth-order valence-corrected chi connectivity index (χ4v) is 4.88. The van der Waals surface area contributed by atoms with Crippen LogP contribution in [0.4, 0.5) is 5.69 Å². The van der Waals surface area contributed by atoms with E-state index in [9.17, 15) is 4.79 Å². The van der Waals surface area contributed by atoms with Crippen molar-refractivity contribution < 1.29 is 4.79 Å². The summed E-state index contributed by atoms with van der Waals surface area (Å²) in [6.45, 7) is 4.78. The Hall–Kier alpha value is -2.86. The number of para-hydroxylation sites is 2. The molecule has 1 aliphatic heterocycles. The molecule has 5 rings (SSSR count). The average molecular weight is 388 g/mol. The van der Waals surface area contributed by atoms with Gasteiger partial charge in [0.25, 0.3) is 0 Å². The Morgan fingerprint density at radius 3 is 2.79 bits per heavy atom. The molecule has 2 aromatic heterocycles. The molecule has 2 aromatic carbocycles. The van der Waals surface area contributed by atoms with Gasteiger partial charge in [-0.25, -0.2) is 0 Å². The van der Waals surface area contributed by atoms with Crippen molar-refractivity contribution in [3.63, 3.8) is 0 Å². The first kappa shape index (κ1) is 17.3. The van der Waals surface area contributed by atoms with Gasteiger partial charge >= 0.3 is 0 Å². The van der Waals surface area contributed by atoms with Crippen LogP contribution >= 0.6 is 11.8 Å². The number of carbonyl (C=O) groups excluding carboxylic acids is 1. The van der Waals surface area contributed by atoms with Gasteiger partial charge in [-0.2, -0.15) is 0 Å². The molecule has 0 radical (unpaired) electrons. The molecule has 0 aliphatic carbocycles. The van der Waals surface area contributed by atoms with Gasteiger partial charge in [0.05, 0.1) is 10.8 Å². The maximum atomic E-state index is 13.1. The zero-order valence-electron chi connectivity index (χ0n) is 15.8. The van der Waals surface area contributed by atoms with Crippen LogP contribution in [0.5, 0.6) is 0 Å². The van der Waals surface area contributed by atoms with Gasteiger partial charge < -0.3 is 4.90 Å². The molecule has 4 aromatic rings. The molecule has 1 aliphatic rings. The Morgan fingerprint density at radius 1 is 1.11 bits per heavy atom. The van der Waals surface area contributed by atoms with Crippen molar-refractivity contribution in [1.82, 2.24) is 14.6 Å². The van der Waals surface area contributed by atoms with Crippen LogP contribution < -0.4 is 4.90 Å². The van der Waals surface area contributed by atoms with Crippen LogP contribution in [-0.4, -0.2) is 32.3 Å². The monoisotopic (exact) mass is 388 g/mol. The Kier molecular flexibility index (Phi) is 4.09. The predicted molar refractivity (Wildman–Crippen MR) is 113 cm³/mol. The Morgan fingerprint density at radius 2 is 1.89 bits per heavy atom. The third kappa shape index (κ3) is 2.67. The number of pyridine rings is 1. The summed E-state index contributed by atoms with van der Waals surface area (Å²) in [6, 6.07) is 18.4. The van der Waals surface area contributed by atoms with Crippen molar-refractivity contribution in [3.05, 3.63) is 65.7 Å². The number of rotatable bonds is 3. The van der Waals surface area contributed by atoms with E-state index in [4.69, 9.17) is 0 Å². The maximum absolute atomic E-state index is 13.1. The second-order valence-corrected chi connectivity index (χ2v) is 8.46. The van der Waals surface area contributed by atoms with E-state index in [0.29, 0.717) is 0 Å². The summed E-state index contributed by atoms with van der Waals surface area (Å²) in [5.41, 5.74) is 5.32. The summed E-state index contributed by atoms with van der Waals surface area (Å²) in [6.07, 6.45) is 0.914. The van der Waals surface area contributed by atoms with Gasteiger partial charge in [-0.05, 0) is 49.6 Å². The molecule has 0 N–H and O–H groups in total. The lowest BCUT2D eigenvalue weighted by Crippen LogP contribution is -2.35. The Labute approximate surface area is 167 Å². The van der Waals surface area contributed by atoms with Gasteiger partial charge in [0.15, 0.2) is 10.8 Å². The number of carbonyl (C=O) groups is 1. The molecule has 6 heteroatoms. The molecule has 0 fully saturated rings. The summed E-state index contributed by atoms with van der Waals surface area (Å²) in [7, 11) is 0. The fourth-order valence-electron chi connectivity index (χ4n) is 3.95. The zero-order valence-corrected chi connectivity index (χ0v) is 16.6. The smallest absolute Gasteiger partial charge is 0.240 e. The van der Waals surface area contributed by atoms with Gasteiger partial charge in [-0.3, -0.25) is 9.20 Å². The average Bonchev–Trinajstić information content (AvgIpc) is 3.32. The van der Waals surface area contributed by atoms with Crippen LogP contribution in [0, 0.1) is 6.92 Å². The quantitative estimate of drug-likeness (QED) is 0.492. The molecule has 0 unspecified atom stereocenters. The molecule has 140 valence electrons. The van der Waals surface area contributed by atoms with Crippen molar-refractivity contribution in [2.24, 2.45) is 0 Å². The number of anilines is 1. The SMILES string of the molecule is Cc1cc2nnc(S[C@H](C)C(=O)N3CCc4ccccc43)n2c2ccccc12. The molecular weight excluding hydrogens is 368 g/mol. The first-order valence-electron chi connectivity index (χ1n) is 9.43. The van der Waals surface area contributed by atoms with Gasteiger partial charge in [0.2, 0.25) is 5.91 Å². The van der Waals surface area contributed by atoms with Crippen molar-refractivity contribution in [2.45, 2.75) is 30.7 Å². The summed E-state index contributed by atoms with van der Waals surface area (Å²) >= 11 is 1.47. The zero-order chi connectivity index (χ0) is 19.3. The predicted octanol–water partition coefficient (Wildman–Crippen LogP) is 4.26. The standard InChI is InChI=1S/C22H20N4OS/c1-14-13-20-23-24-22(26(20)19-10-6-4-8-17(14)19)28-15(2)21(27)25-12-11-16-7-3-5-9-18(16)25/h3-10,13,15H,11-12H2,1-2H3/t15-/m1/s1. The van der Waals surface area contributed by atoms with E-state index < -0.39 is 0 Å². The second kappa shape index (κ2) is 6.63. The minimum absolute atomic E-state index is 0.114. The highest BCUT2D eigenvalue weighted by Gasteiger charge is 2.29. The highest BCUT2D eigenvalue weighted by molar-refractivity contribution is 8.00. The minimum atomic E-state index is -0.251. The van der Waals surface area contributed by atoms with Gasteiger partial charge in [-0.15, -0.1) is 10.2 Å². The van der Waals surface area contributed by atoms with Gasteiger partial charge in [-0.1, -0.05) is 48.2 Å². The summed E-state index contributed by atoms with van der Waals surface area (Å²) in [4.78, 5) is 15.0. The first-order chi connectivity index (χ1) is 13.6. The highest BCUT2D eigenvalue weighted by atomic mass is 32.2.